The van der Waals surface area contributed by atoms with Crippen molar-refractivity contribution in [3.8, 4) is 5.75 Å². The van der Waals surface area contributed by atoms with Crippen molar-refractivity contribution in [1.82, 2.24) is 15.6 Å². The second kappa shape index (κ2) is 9.85. The fourth-order valence-corrected chi connectivity index (χ4v) is 6.31. The van der Waals surface area contributed by atoms with Gasteiger partial charge in [-0.15, -0.1) is 0 Å². The smallest absolute Gasteiger partial charge is 0.276 e. The van der Waals surface area contributed by atoms with E-state index in [1.165, 1.54) is 11.6 Å². The summed E-state index contributed by atoms with van der Waals surface area (Å²) in [7, 11) is 0. The summed E-state index contributed by atoms with van der Waals surface area (Å²) in [6.07, 6.45) is 3.16. The summed E-state index contributed by atoms with van der Waals surface area (Å²) in [5.74, 6) is -4.07. The number of carbonyl (C=O) groups is 2. The predicted molar refractivity (Wildman–Crippen MR) is 149 cm³/mol. The van der Waals surface area contributed by atoms with E-state index in [4.69, 9.17) is 9.37 Å². The maximum Gasteiger partial charge on any atom is 0.276 e. The topological polar surface area (TPSA) is 119 Å². The number of aliphatic imine (C=N–C) groups is 1. The second-order valence-corrected chi connectivity index (χ2v) is 11.8. The van der Waals surface area contributed by atoms with Gasteiger partial charge in [-0.25, -0.2) is 9.02 Å². The van der Waals surface area contributed by atoms with Crippen LogP contribution in [0.3, 0.4) is 0 Å². The van der Waals surface area contributed by atoms with Crippen molar-refractivity contribution < 1.29 is 27.7 Å². The van der Waals surface area contributed by atoms with Gasteiger partial charge in [-0.2, -0.15) is 4.39 Å². The van der Waals surface area contributed by atoms with E-state index in [0.29, 0.717) is 36.3 Å². The summed E-state index contributed by atoms with van der Waals surface area (Å²) in [5.41, 5.74) is 5.07. The number of benzene rings is 2. The summed E-state index contributed by atoms with van der Waals surface area (Å²) >= 11 is 0. The largest absolute Gasteiger partial charge is 0.489 e. The number of amides is 2. The van der Waals surface area contributed by atoms with Gasteiger partial charge < -0.3 is 15.4 Å². The van der Waals surface area contributed by atoms with E-state index >= 15 is 0 Å². The van der Waals surface area contributed by atoms with Gasteiger partial charge in [0.15, 0.2) is 17.3 Å². The van der Waals surface area contributed by atoms with Crippen LogP contribution in [-0.4, -0.2) is 47.0 Å². The fraction of sp³-hybridized carbons (Fsp3) is 0.387. The Morgan fingerprint density at radius 3 is 2.48 bits per heavy atom. The third-order valence-electron chi connectivity index (χ3n) is 8.85. The van der Waals surface area contributed by atoms with Crippen molar-refractivity contribution in [2.75, 3.05) is 18.5 Å². The summed E-state index contributed by atoms with van der Waals surface area (Å²) < 4.78 is 39.6. The molecule has 2 aliphatic heterocycles. The number of ether oxygens (including phenoxy) is 1. The SMILES string of the molecule is CC1=NCC(C)=C1c1ccc(NC(=O)[C@@H](NC(=O)c2nonc2C2CC2)C2c3ccc(F)c(F)c3OCC23CC3)cc1. The molecule has 0 bridgehead atoms. The van der Waals surface area contributed by atoms with Crippen LogP contribution in [0.5, 0.6) is 5.75 Å². The minimum absolute atomic E-state index is 0.0271. The van der Waals surface area contributed by atoms with Crippen molar-refractivity contribution in [2.24, 2.45) is 10.4 Å². The summed E-state index contributed by atoms with van der Waals surface area (Å²) in [4.78, 5) is 32.1. The highest BCUT2D eigenvalue weighted by molar-refractivity contribution is 6.25. The Morgan fingerprint density at radius 2 is 1.81 bits per heavy atom. The number of rotatable bonds is 7. The quantitative estimate of drug-likeness (QED) is 0.403. The number of allylic oxidation sites excluding steroid dienone is 1. The molecule has 2 saturated carbocycles. The molecule has 42 heavy (non-hydrogen) atoms. The second-order valence-electron chi connectivity index (χ2n) is 11.8. The molecule has 2 fully saturated rings. The lowest BCUT2D eigenvalue weighted by Gasteiger charge is -2.38. The van der Waals surface area contributed by atoms with Crippen LogP contribution in [0.15, 0.2) is 51.6 Å². The molecule has 2 amide bonds. The number of hydrogen-bond acceptors (Lipinski definition) is 7. The molecule has 3 heterocycles. The van der Waals surface area contributed by atoms with Gasteiger partial charge in [0.05, 0.1) is 13.2 Å². The highest BCUT2D eigenvalue weighted by Crippen LogP contribution is 2.61. The highest BCUT2D eigenvalue weighted by Gasteiger charge is 2.58. The Bertz CT molecular complexity index is 1670. The van der Waals surface area contributed by atoms with Crippen LogP contribution in [0.4, 0.5) is 14.5 Å². The van der Waals surface area contributed by atoms with Crippen LogP contribution < -0.4 is 15.4 Å². The number of aromatic nitrogens is 2. The molecule has 0 radical (unpaired) electrons. The van der Waals surface area contributed by atoms with E-state index in [0.717, 1.165) is 35.8 Å². The van der Waals surface area contributed by atoms with Gasteiger partial charge in [0.1, 0.15) is 11.7 Å². The van der Waals surface area contributed by atoms with Crippen LogP contribution in [0.1, 0.15) is 78.7 Å². The average molecular weight is 574 g/mol. The molecule has 2 N–H and O–H groups in total. The Morgan fingerprint density at radius 1 is 1.05 bits per heavy atom. The number of halogens is 2. The zero-order valence-corrected chi connectivity index (χ0v) is 23.2. The molecule has 2 aliphatic carbocycles. The molecular formula is C31H29F2N5O4. The van der Waals surface area contributed by atoms with Gasteiger partial charge in [-0.3, -0.25) is 14.6 Å². The van der Waals surface area contributed by atoms with Gasteiger partial charge in [0, 0.05) is 39.8 Å². The maximum atomic E-state index is 14.9. The van der Waals surface area contributed by atoms with Crippen LogP contribution in [0, 0.1) is 17.0 Å². The lowest BCUT2D eigenvalue weighted by molar-refractivity contribution is -0.119. The Balaban J connectivity index is 1.23. The molecule has 1 aromatic heterocycles. The molecule has 2 atom stereocenters. The van der Waals surface area contributed by atoms with Crippen LogP contribution in [0.25, 0.3) is 5.57 Å². The van der Waals surface area contributed by atoms with E-state index in [2.05, 4.69) is 25.9 Å². The number of fused-ring (bicyclic) bond motifs is 1. The lowest BCUT2D eigenvalue weighted by atomic mass is 9.75. The number of carbonyl (C=O) groups excluding carboxylic acids is 2. The van der Waals surface area contributed by atoms with Gasteiger partial charge >= 0.3 is 0 Å². The first-order valence-corrected chi connectivity index (χ1v) is 14.1. The Hall–Kier alpha value is -4.41. The molecule has 1 spiro atoms. The third kappa shape index (κ3) is 4.47. The lowest BCUT2D eigenvalue weighted by Crippen LogP contribution is -2.52. The Kier molecular flexibility index (Phi) is 6.21. The van der Waals surface area contributed by atoms with Crippen molar-refractivity contribution >= 4 is 28.8 Å². The molecule has 3 aromatic rings. The van der Waals surface area contributed by atoms with E-state index in [9.17, 15) is 18.4 Å². The van der Waals surface area contributed by atoms with E-state index in [1.807, 2.05) is 26.0 Å². The van der Waals surface area contributed by atoms with Gasteiger partial charge in [-0.1, -0.05) is 23.4 Å². The van der Waals surface area contributed by atoms with E-state index in [1.54, 1.807) is 12.1 Å². The molecule has 9 nitrogen and oxygen atoms in total. The minimum atomic E-state index is -1.15. The van der Waals surface area contributed by atoms with Gasteiger partial charge in [0.25, 0.3) is 5.91 Å². The maximum absolute atomic E-state index is 14.9. The summed E-state index contributed by atoms with van der Waals surface area (Å²) in [6.45, 7) is 4.80. The van der Waals surface area contributed by atoms with Crippen molar-refractivity contribution in [3.05, 3.63) is 76.1 Å². The zero-order chi connectivity index (χ0) is 29.2. The monoisotopic (exact) mass is 573 g/mol. The number of nitrogens with zero attached hydrogens (tertiary/aromatic N) is 3. The molecule has 11 heteroatoms. The van der Waals surface area contributed by atoms with Crippen LogP contribution in [-0.2, 0) is 4.79 Å². The van der Waals surface area contributed by atoms with Gasteiger partial charge in [-0.05, 0) is 74.0 Å². The third-order valence-corrected chi connectivity index (χ3v) is 8.85. The molecular weight excluding hydrogens is 544 g/mol. The van der Waals surface area contributed by atoms with Crippen LogP contribution >= 0.6 is 0 Å². The summed E-state index contributed by atoms with van der Waals surface area (Å²) in [5, 5.41) is 13.5. The van der Waals surface area contributed by atoms with Crippen LogP contribution in [0.2, 0.25) is 0 Å². The van der Waals surface area contributed by atoms with Crippen molar-refractivity contribution in [3.63, 3.8) is 0 Å². The average Bonchev–Trinajstić information content (AvgIpc) is 3.89. The first-order chi connectivity index (χ1) is 20.3. The van der Waals surface area contributed by atoms with Crippen molar-refractivity contribution in [1.29, 1.82) is 0 Å². The van der Waals surface area contributed by atoms with E-state index in [-0.39, 0.29) is 24.0 Å². The molecule has 0 saturated heterocycles. The molecule has 4 aliphatic rings. The highest BCUT2D eigenvalue weighted by atomic mass is 19.2. The number of hydrogen-bond donors (Lipinski definition) is 2. The molecule has 1 unspecified atom stereocenters. The first kappa shape index (κ1) is 26.5. The van der Waals surface area contributed by atoms with Gasteiger partial charge in [0.2, 0.25) is 11.7 Å². The molecule has 2 aromatic carbocycles. The Labute approximate surface area is 240 Å². The fourth-order valence-electron chi connectivity index (χ4n) is 6.31. The minimum Gasteiger partial charge on any atom is -0.489 e. The van der Waals surface area contributed by atoms with Crippen molar-refractivity contribution in [2.45, 2.75) is 57.4 Å². The molecule has 216 valence electrons. The first-order valence-electron chi connectivity index (χ1n) is 14.1. The zero-order valence-electron chi connectivity index (χ0n) is 23.2. The standard InChI is InChI=1S/C31H29F2N5O4/c1-15-13-34-16(2)22(15)17-5-7-19(8-6-17)35-29(39)26(36-30(40)27-25(18-3-4-18)37-42-38-27)23-20-9-10-21(32)24(33)28(20)41-14-31(23)11-12-31/h5-10,18,23,26H,3-4,11-14H2,1-2H3,(H,35,39)(H,36,40)/t23?,26-/m0/s1. The normalized spacial score (nSPS) is 21.0. The van der Waals surface area contributed by atoms with E-state index < -0.39 is 40.8 Å². The number of nitrogens with one attached hydrogen (secondary N) is 2. The summed E-state index contributed by atoms with van der Waals surface area (Å²) in [6, 6.07) is 8.74. The number of anilines is 1. The predicted octanol–water partition coefficient (Wildman–Crippen LogP) is 5.17. The molecule has 7 rings (SSSR count).